The number of ether oxygens (including phenoxy) is 1. The lowest BCUT2D eigenvalue weighted by atomic mass is 10.2. The molecule has 76 valence electrons. The zero-order valence-electron chi connectivity index (χ0n) is 8.10. The van der Waals surface area contributed by atoms with E-state index in [1.807, 2.05) is 36.5 Å². The maximum atomic E-state index is 8.44. The van der Waals surface area contributed by atoms with E-state index in [-0.39, 0.29) is 6.61 Å². The van der Waals surface area contributed by atoms with E-state index >= 15 is 0 Å². The third-order valence-electron chi connectivity index (χ3n) is 1.64. The molecular formula is C11H15NO2. The van der Waals surface area contributed by atoms with Crippen molar-refractivity contribution in [3.8, 4) is 0 Å². The Morgan fingerprint density at radius 1 is 1.21 bits per heavy atom. The summed E-state index contributed by atoms with van der Waals surface area (Å²) < 4.78 is 5.06. The van der Waals surface area contributed by atoms with Crippen LogP contribution in [0.1, 0.15) is 5.56 Å². The van der Waals surface area contributed by atoms with Crippen molar-refractivity contribution in [3.63, 3.8) is 0 Å². The van der Waals surface area contributed by atoms with Crippen LogP contribution in [0.3, 0.4) is 0 Å². The van der Waals surface area contributed by atoms with Crippen molar-refractivity contribution in [2.24, 2.45) is 4.99 Å². The highest BCUT2D eigenvalue weighted by molar-refractivity contribution is 5.79. The summed E-state index contributed by atoms with van der Waals surface area (Å²) in [7, 11) is 0. The van der Waals surface area contributed by atoms with Crippen LogP contribution in [0.15, 0.2) is 35.3 Å². The lowest BCUT2D eigenvalue weighted by molar-refractivity contribution is 0.0978. The highest BCUT2D eigenvalue weighted by Crippen LogP contribution is 1.93. The quantitative estimate of drug-likeness (QED) is 0.543. The van der Waals surface area contributed by atoms with Gasteiger partial charge in [-0.1, -0.05) is 30.3 Å². The molecule has 0 unspecified atom stereocenters. The molecule has 0 bridgehead atoms. The largest absolute Gasteiger partial charge is 0.394 e. The van der Waals surface area contributed by atoms with Crippen LogP contribution >= 0.6 is 0 Å². The van der Waals surface area contributed by atoms with Gasteiger partial charge < -0.3 is 9.84 Å². The molecule has 3 heteroatoms. The maximum Gasteiger partial charge on any atom is 0.0698 e. The summed E-state index contributed by atoms with van der Waals surface area (Å²) in [6.45, 7) is 1.65. The van der Waals surface area contributed by atoms with Crippen molar-refractivity contribution in [1.82, 2.24) is 0 Å². The second kappa shape index (κ2) is 7.24. The van der Waals surface area contributed by atoms with Crippen LogP contribution in [0, 0.1) is 0 Å². The Labute approximate surface area is 84.1 Å². The van der Waals surface area contributed by atoms with Gasteiger partial charge in [0.05, 0.1) is 26.4 Å². The van der Waals surface area contributed by atoms with Crippen molar-refractivity contribution in [3.05, 3.63) is 35.9 Å². The first-order valence-electron chi connectivity index (χ1n) is 4.67. The van der Waals surface area contributed by atoms with Crippen LogP contribution in [0.5, 0.6) is 0 Å². The Balaban J connectivity index is 2.15. The van der Waals surface area contributed by atoms with Gasteiger partial charge in [-0.05, 0) is 5.56 Å². The molecule has 1 aromatic carbocycles. The first-order chi connectivity index (χ1) is 6.93. The van der Waals surface area contributed by atoms with Crippen molar-refractivity contribution in [2.75, 3.05) is 26.4 Å². The Kier molecular flexibility index (Phi) is 5.63. The van der Waals surface area contributed by atoms with Gasteiger partial charge in [0.15, 0.2) is 0 Å². The Hall–Kier alpha value is -1.19. The fourth-order valence-corrected chi connectivity index (χ4v) is 0.993. The summed E-state index contributed by atoms with van der Waals surface area (Å²) in [5.74, 6) is 0. The first kappa shape index (κ1) is 10.9. The van der Waals surface area contributed by atoms with Gasteiger partial charge in [0.25, 0.3) is 0 Å². The molecule has 0 aliphatic heterocycles. The zero-order valence-corrected chi connectivity index (χ0v) is 8.10. The summed E-state index contributed by atoms with van der Waals surface area (Å²) in [4.78, 5) is 4.18. The highest BCUT2D eigenvalue weighted by Gasteiger charge is 1.85. The summed E-state index contributed by atoms with van der Waals surface area (Å²) in [6, 6.07) is 9.92. The standard InChI is InChI=1S/C11H15NO2/c13-7-9-14-8-6-12-10-11-4-2-1-3-5-11/h1-5,10,13H,6-9H2/b12-10+. The monoisotopic (exact) mass is 193 g/mol. The molecule has 1 N–H and O–H groups in total. The predicted octanol–water partition coefficient (Wildman–Crippen LogP) is 1.11. The minimum Gasteiger partial charge on any atom is -0.394 e. The average molecular weight is 193 g/mol. The minimum absolute atomic E-state index is 0.0718. The van der Waals surface area contributed by atoms with Gasteiger partial charge in [-0.25, -0.2) is 0 Å². The molecule has 0 saturated heterocycles. The van der Waals surface area contributed by atoms with Crippen LogP contribution in [-0.4, -0.2) is 37.7 Å². The molecule has 0 saturated carbocycles. The van der Waals surface area contributed by atoms with Gasteiger partial charge in [0, 0.05) is 6.21 Å². The second-order valence-electron chi connectivity index (χ2n) is 2.78. The fourth-order valence-electron chi connectivity index (χ4n) is 0.993. The lowest BCUT2D eigenvalue weighted by Crippen LogP contribution is -2.03. The molecule has 0 aliphatic rings. The van der Waals surface area contributed by atoms with E-state index in [1.165, 1.54) is 0 Å². The molecule has 0 spiro atoms. The van der Waals surface area contributed by atoms with Crippen LogP contribution in [0.25, 0.3) is 0 Å². The molecule has 3 nitrogen and oxygen atoms in total. The third kappa shape index (κ3) is 4.74. The van der Waals surface area contributed by atoms with E-state index in [0.717, 1.165) is 5.56 Å². The number of nitrogens with zero attached hydrogens (tertiary/aromatic N) is 1. The molecule has 0 heterocycles. The molecule has 0 aromatic heterocycles. The van der Waals surface area contributed by atoms with E-state index in [4.69, 9.17) is 9.84 Å². The van der Waals surface area contributed by atoms with Crippen LogP contribution in [0.4, 0.5) is 0 Å². The Bertz CT molecular complexity index is 259. The molecule has 14 heavy (non-hydrogen) atoms. The van der Waals surface area contributed by atoms with Crippen LogP contribution in [0.2, 0.25) is 0 Å². The number of benzene rings is 1. The molecule has 0 radical (unpaired) electrons. The molecule has 0 atom stereocenters. The minimum atomic E-state index is 0.0718. The van der Waals surface area contributed by atoms with Crippen LogP contribution in [-0.2, 0) is 4.74 Å². The van der Waals surface area contributed by atoms with Gasteiger partial charge in [0.2, 0.25) is 0 Å². The molecule has 0 fully saturated rings. The third-order valence-corrected chi connectivity index (χ3v) is 1.64. The summed E-state index contributed by atoms with van der Waals surface area (Å²) in [5, 5.41) is 8.44. The summed E-state index contributed by atoms with van der Waals surface area (Å²) >= 11 is 0. The highest BCUT2D eigenvalue weighted by atomic mass is 16.5. The van der Waals surface area contributed by atoms with Gasteiger partial charge in [0.1, 0.15) is 0 Å². The van der Waals surface area contributed by atoms with Crippen molar-refractivity contribution in [1.29, 1.82) is 0 Å². The number of aliphatic imine (C=N–C) groups is 1. The Morgan fingerprint density at radius 2 is 2.00 bits per heavy atom. The fraction of sp³-hybridized carbons (Fsp3) is 0.364. The van der Waals surface area contributed by atoms with E-state index in [9.17, 15) is 0 Å². The molecular weight excluding hydrogens is 178 g/mol. The summed E-state index contributed by atoms with van der Waals surface area (Å²) in [5.41, 5.74) is 1.09. The van der Waals surface area contributed by atoms with Gasteiger partial charge in [-0.2, -0.15) is 0 Å². The van der Waals surface area contributed by atoms with Crippen molar-refractivity contribution >= 4 is 6.21 Å². The topological polar surface area (TPSA) is 41.8 Å². The van der Waals surface area contributed by atoms with Crippen molar-refractivity contribution < 1.29 is 9.84 Å². The van der Waals surface area contributed by atoms with Crippen LogP contribution < -0.4 is 0 Å². The number of aliphatic hydroxyl groups is 1. The molecule has 0 amide bonds. The molecule has 1 rings (SSSR count). The number of rotatable bonds is 6. The Morgan fingerprint density at radius 3 is 2.71 bits per heavy atom. The van der Waals surface area contributed by atoms with Gasteiger partial charge in [-0.15, -0.1) is 0 Å². The number of hydrogen-bond acceptors (Lipinski definition) is 3. The smallest absolute Gasteiger partial charge is 0.0698 e. The SMILES string of the molecule is OCCOCC/N=C/c1ccccc1. The number of hydrogen-bond donors (Lipinski definition) is 1. The lowest BCUT2D eigenvalue weighted by Gasteiger charge is -1.97. The van der Waals surface area contributed by atoms with E-state index in [2.05, 4.69) is 4.99 Å². The zero-order chi connectivity index (χ0) is 10.1. The average Bonchev–Trinajstić information content (AvgIpc) is 2.25. The van der Waals surface area contributed by atoms with Crippen molar-refractivity contribution in [2.45, 2.75) is 0 Å². The maximum absolute atomic E-state index is 8.44. The predicted molar refractivity (Wildman–Crippen MR) is 56.8 cm³/mol. The van der Waals surface area contributed by atoms with E-state index in [0.29, 0.717) is 19.8 Å². The second-order valence-corrected chi connectivity index (χ2v) is 2.78. The van der Waals surface area contributed by atoms with E-state index in [1.54, 1.807) is 0 Å². The van der Waals surface area contributed by atoms with Gasteiger partial charge >= 0.3 is 0 Å². The summed E-state index contributed by atoms with van der Waals surface area (Å²) in [6.07, 6.45) is 1.82. The normalized spacial score (nSPS) is 10.9. The van der Waals surface area contributed by atoms with E-state index < -0.39 is 0 Å². The number of aliphatic hydroxyl groups excluding tert-OH is 1. The molecule has 0 aliphatic carbocycles. The molecule has 1 aromatic rings. The first-order valence-corrected chi connectivity index (χ1v) is 4.67. The van der Waals surface area contributed by atoms with Gasteiger partial charge in [-0.3, -0.25) is 4.99 Å².